The predicted octanol–water partition coefficient (Wildman–Crippen LogP) is 13.8. The molecule has 0 atom stereocenters. The van der Waals surface area contributed by atoms with E-state index in [1.807, 2.05) is 6.07 Å². The molecule has 0 radical (unpaired) electrons. The highest BCUT2D eigenvalue weighted by Gasteiger charge is 2.24. The zero-order valence-electron chi connectivity index (χ0n) is 28.6. The van der Waals surface area contributed by atoms with Crippen molar-refractivity contribution in [1.82, 2.24) is 9.13 Å². The fraction of sp³-hybridized carbons (Fsp3) is 0. The van der Waals surface area contributed by atoms with E-state index in [1.54, 1.807) is 0 Å². The summed E-state index contributed by atoms with van der Waals surface area (Å²) >= 11 is 0. The topological polar surface area (TPSA) is 23.0 Å². The molecule has 0 saturated carbocycles. The second-order valence-corrected chi connectivity index (χ2v) is 14.1. The summed E-state index contributed by atoms with van der Waals surface area (Å²) in [5, 5.41) is 12.1. The lowest BCUT2D eigenvalue weighted by Crippen LogP contribution is -1.95. The molecule has 246 valence electrons. The monoisotopic (exact) mass is 674 g/mol. The van der Waals surface area contributed by atoms with Crippen LogP contribution in [-0.2, 0) is 0 Å². The van der Waals surface area contributed by atoms with Gasteiger partial charge in [-0.15, -0.1) is 0 Å². The second kappa shape index (κ2) is 10.7. The van der Waals surface area contributed by atoms with Gasteiger partial charge < -0.3 is 13.6 Å². The molecular weight excluding hydrogens is 645 g/mol. The minimum Gasteiger partial charge on any atom is -0.455 e. The van der Waals surface area contributed by atoms with Crippen LogP contribution in [-0.4, -0.2) is 9.13 Å². The van der Waals surface area contributed by atoms with Gasteiger partial charge in [0.2, 0.25) is 0 Å². The maximum atomic E-state index is 6.73. The molecule has 0 amide bonds. The standard InChI is InChI=1S/C50H30N2O/c1-3-14-33(15-4-1)51-43-26-23-32(41-29-31-13-7-8-18-35(31)36-19-9-10-20-37(36)41)30-42(43)47-44(51)28-25-40-48-45(52(49(40)47)34-16-5-2-6-17-34)27-24-39-38-21-11-12-22-46(38)53-50(39)48/h1-30H. The Hall–Kier alpha value is -7.10. The van der Waals surface area contributed by atoms with Gasteiger partial charge in [0, 0.05) is 38.3 Å². The molecule has 0 spiro atoms. The van der Waals surface area contributed by atoms with Crippen molar-refractivity contribution < 1.29 is 4.42 Å². The summed E-state index contributed by atoms with van der Waals surface area (Å²) in [6.45, 7) is 0. The molecule has 0 aliphatic carbocycles. The molecule has 9 aromatic carbocycles. The minimum atomic E-state index is 0.907. The van der Waals surface area contributed by atoms with Crippen LogP contribution >= 0.6 is 0 Å². The first-order valence-electron chi connectivity index (χ1n) is 18.2. The van der Waals surface area contributed by atoms with Gasteiger partial charge in [-0.1, -0.05) is 109 Å². The molecule has 3 nitrogen and oxygen atoms in total. The quantitative estimate of drug-likeness (QED) is 0.171. The third kappa shape index (κ3) is 3.94. The van der Waals surface area contributed by atoms with Crippen LogP contribution in [0.4, 0.5) is 0 Å². The zero-order chi connectivity index (χ0) is 34.6. The molecule has 12 aromatic rings. The summed E-state index contributed by atoms with van der Waals surface area (Å²) in [5.74, 6) is 0. The third-order valence-corrected chi connectivity index (χ3v) is 11.3. The maximum Gasteiger partial charge on any atom is 0.145 e. The summed E-state index contributed by atoms with van der Waals surface area (Å²) in [4.78, 5) is 0. The number of fused-ring (bicyclic) bond motifs is 14. The van der Waals surface area contributed by atoms with Crippen LogP contribution in [0.15, 0.2) is 186 Å². The van der Waals surface area contributed by atoms with Crippen LogP contribution in [0, 0.1) is 0 Å². The molecule has 3 heteroatoms. The van der Waals surface area contributed by atoms with Crippen LogP contribution in [0.3, 0.4) is 0 Å². The highest BCUT2D eigenvalue weighted by Crippen LogP contribution is 2.46. The van der Waals surface area contributed by atoms with Crippen molar-refractivity contribution in [3.05, 3.63) is 182 Å². The largest absolute Gasteiger partial charge is 0.455 e. The number of para-hydroxylation sites is 3. The van der Waals surface area contributed by atoms with E-state index in [4.69, 9.17) is 4.42 Å². The molecule has 0 aliphatic rings. The van der Waals surface area contributed by atoms with Gasteiger partial charge in [0.25, 0.3) is 0 Å². The number of furan rings is 1. The number of nitrogens with zero attached hydrogens (tertiary/aromatic N) is 2. The molecule has 53 heavy (non-hydrogen) atoms. The van der Waals surface area contributed by atoms with Crippen molar-refractivity contribution in [3.8, 4) is 22.5 Å². The first kappa shape index (κ1) is 28.6. The Kier molecular flexibility index (Phi) is 5.77. The van der Waals surface area contributed by atoms with Gasteiger partial charge in [-0.25, -0.2) is 0 Å². The van der Waals surface area contributed by atoms with Crippen LogP contribution in [0.2, 0.25) is 0 Å². The number of benzene rings is 9. The van der Waals surface area contributed by atoms with Gasteiger partial charge in [0.1, 0.15) is 11.2 Å². The number of aromatic nitrogens is 2. The van der Waals surface area contributed by atoms with E-state index >= 15 is 0 Å². The van der Waals surface area contributed by atoms with E-state index in [-0.39, 0.29) is 0 Å². The van der Waals surface area contributed by atoms with E-state index in [9.17, 15) is 0 Å². The highest BCUT2D eigenvalue weighted by molar-refractivity contribution is 6.31. The first-order chi connectivity index (χ1) is 26.3. The first-order valence-corrected chi connectivity index (χ1v) is 18.2. The summed E-state index contributed by atoms with van der Waals surface area (Å²) in [5.41, 5.74) is 11.2. The lowest BCUT2D eigenvalue weighted by Gasteiger charge is -2.12. The molecule has 0 N–H and O–H groups in total. The summed E-state index contributed by atoms with van der Waals surface area (Å²) in [6.07, 6.45) is 0. The molecular formula is C50H30N2O. The molecule has 3 aromatic heterocycles. The zero-order valence-corrected chi connectivity index (χ0v) is 28.6. The molecule has 3 heterocycles. The molecule has 0 aliphatic heterocycles. The van der Waals surface area contributed by atoms with Crippen molar-refractivity contribution in [2.75, 3.05) is 0 Å². The normalized spacial score (nSPS) is 12.2. The Labute approximate surface area is 304 Å². The number of rotatable bonds is 3. The van der Waals surface area contributed by atoms with Gasteiger partial charge in [0.05, 0.1) is 27.5 Å². The fourth-order valence-electron chi connectivity index (χ4n) is 9.03. The molecule has 12 rings (SSSR count). The van der Waals surface area contributed by atoms with Crippen LogP contribution in [0.5, 0.6) is 0 Å². The van der Waals surface area contributed by atoms with Crippen LogP contribution in [0.1, 0.15) is 0 Å². The van der Waals surface area contributed by atoms with E-state index in [0.717, 1.165) is 44.2 Å². The lowest BCUT2D eigenvalue weighted by molar-refractivity contribution is 0.673. The van der Waals surface area contributed by atoms with E-state index in [0.29, 0.717) is 0 Å². The predicted molar refractivity (Wildman–Crippen MR) is 223 cm³/mol. The van der Waals surface area contributed by atoms with Gasteiger partial charge in [-0.05, 0) is 105 Å². The van der Waals surface area contributed by atoms with Crippen molar-refractivity contribution >= 4 is 87.1 Å². The van der Waals surface area contributed by atoms with Crippen LogP contribution < -0.4 is 0 Å². The van der Waals surface area contributed by atoms with E-state index in [2.05, 4.69) is 185 Å². The van der Waals surface area contributed by atoms with Gasteiger partial charge in [-0.2, -0.15) is 0 Å². The van der Waals surface area contributed by atoms with Crippen molar-refractivity contribution in [2.24, 2.45) is 0 Å². The van der Waals surface area contributed by atoms with E-state index in [1.165, 1.54) is 65.4 Å². The molecule has 0 fully saturated rings. The molecule has 0 unspecified atom stereocenters. The SMILES string of the molecule is c1ccc(-n2c3ccc(-c4cc5ccccc5c5ccccc45)cc3c3c2ccc2c4c5oc6ccccc6c5ccc4n(-c4ccccc4)c23)cc1. The molecule has 0 bridgehead atoms. The Morgan fingerprint density at radius 1 is 0.358 bits per heavy atom. The Morgan fingerprint density at radius 3 is 1.75 bits per heavy atom. The smallest absolute Gasteiger partial charge is 0.145 e. The van der Waals surface area contributed by atoms with Crippen LogP contribution in [0.25, 0.3) is 110 Å². The minimum absolute atomic E-state index is 0.907. The van der Waals surface area contributed by atoms with Crippen molar-refractivity contribution in [3.63, 3.8) is 0 Å². The lowest BCUT2D eigenvalue weighted by atomic mass is 9.92. The third-order valence-electron chi connectivity index (χ3n) is 11.3. The molecule has 0 saturated heterocycles. The maximum absolute atomic E-state index is 6.73. The highest BCUT2D eigenvalue weighted by atomic mass is 16.3. The second-order valence-electron chi connectivity index (χ2n) is 14.1. The number of hydrogen-bond donors (Lipinski definition) is 0. The Balaban J connectivity index is 1.29. The van der Waals surface area contributed by atoms with E-state index < -0.39 is 0 Å². The summed E-state index contributed by atoms with van der Waals surface area (Å²) < 4.78 is 11.6. The summed E-state index contributed by atoms with van der Waals surface area (Å²) in [7, 11) is 0. The number of hydrogen-bond acceptors (Lipinski definition) is 1. The Bertz CT molecular complexity index is 3440. The van der Waals surface area contributed by atoms with Crippen molar-refractivity contribution in [2.45, 2.75) is 0 Å². The average Bonchev–Trinajstić information content (AvgIpc) is 3.88. The summed E-state index contributed by atoms with van der Waals surface area (Å²) in [6, 6.07) is 66.0. The van der Waals surface area contributed by atoms with Gasteiger partial charge in [0.15, 0.2) is 0 Å². The Morgan fingerprint density at radius 2 is 0.962 bits per heavy atom. The average molecular weight is 675 g/mol. The van der Waals surface area contributed by atoms with Crippen molar-refractivity contribution in [1.29, 1.82) is 0 Å². The fourth-order valence-corrected chi connectivity index (χ4v) is 9.03. The van der Waals surface area contributed by atoms with Gasteiger partial charge in [-0.3, -0.25) is 0 Å². The van der Waals surface area contributed by atoms with Gasteiger partial charge >= 0.3 is 0 Å².